The van der Waals surface area contributed by atoms with Crippen LogP contribution < -0.4 is 4.72 Å². The Balaban J connectivity index is 1.58. The molecule has 1 aliphatic heterocycles. The Hall–Kier alpha value is -2.21. The monoisotopic (exact) mass is 375 g/mol. The molecule has 1 saturated heterocycles. The number of carbonyl (C=O) groups is 1. The Bertz CT molecular complexity index is 876. The molecule has 130 valence electrons. The molecule has 1 N–H and O–H groups in total. The summed E-state index contributed by atoms with van der Waals surface area (Å²) < 4.78 is 27.5. The molecule has 6 nitrogen and oxygen atoms in total. The average Bonchev–Trinajstić information content (AvgIpc) is 3.17. The zero-order chi connectivity index (χ0) is 17.9. The van der Waals surface area contributed by atoms with Crippen molar-refractivity contribution in [3.8, 4) is 6.07 Å². The largest absolute Gasteiger partial charge is 0.339 e. The lowest BCUT2D eigenvalue weighted by atomic mass is 10.0. The van der Waals surface area contributed by atoms with Crippen LogP contribution >= 0.6 is 11.3 Å². The third-order valence-corrected chi connectivity index (χ3v) is 7.04. The van der Waals surface area contributed by atoms with Gasteiger partial charge in [0.1, 0.15) is 4.21 Å². The van der Waals surface area contributed by atoms with E-state index in [1.807, 2.05) is 6.07 Å². The Labute approximate surface area is 150 Å². The second-order valence-electron chi connectivity index (χ2n) is 5.81. The van der Waals surface area contributed by atoms with Crippen LogP contribution in [0.3, 0.4) is 0 Å². The van der Waals surface area contributed by atoms with E-state index in [1.165, 1.54) is 11.3 Å². The molecule has 1 aromatic heterocycles. The van der Waals surface area contributed by atoms with Crippen molar-refractivity contribution in [1.29, 1.82) is 5.26 Å². The number of benzene rings is 1. The minimum Gasteiger partial charge on any atom is -0.339 e. The first kappa shape index (κ1) is 17.6. The summed E-state index contributed by atoms with van der Waals surface area (Å²) >= 11 is 1.19. The third-order valence-electron chi connectivity index (χ3n) is 4.12. The van der Waals surface area contributed by atoms with Gasteiger partial charge in [-0.05, 0) is 48.6 Å². The van der Waals surface area contributed by atoms with Crippen LogP contribution in [0.15, 0.2) is 46.0 Å². The van der Waals surface area contributed by atoms with Crippen molar-refractivity contribution in [2.45, 2.75) is 23.1 Å². The summed E-state index contributed by atoms with van der Waals surface area (Å²) in [5, 5.41) is 10.5. The maximum Gasteiger partial charge on any atom is 0.253 e. The summed E-state index contributed by atoms with van der Waals surface area (Å²) in [5.41, 5.74) is 1.05. The highest BCUT2D eigenvalue weighted by Crippen LogP contribution is 2.19. The second-order valence-corrected chi connectivity index (χ2v) is 8.70. The van der Waals surface area contributed by atoms with Gasteiger partial charge in [0, 0.05) is 24.7 Å². The van der Waals surface area contributed by atoms with Gasteiger partial charge in [0.15, 0.2) is 0 Å². The van der Waals surface area contributed by atoms with Crippen molar-refractivity contribution in [3.05, 3.63) is 52.9 Å². The number of thiophene rings is 1. The summed E-state index contributed by atoms with van der Waals surface area (Å²) in [6.07, 6.45) is 1.15. The quantitative estimate of drug-likeness (QED) is 0.887. The van der Waals surface area contributed by atoms with Crippen LogP contribution in [0, 0.1) is 11.3 Å². The van der Waals surface area contributed by atoms with Crippen molar-refractivity contribution in [3.63, 3.8) is 0 Å². The van der Waals surface area contributed by atoms with E-state index in [0.29, 0.717) is 41.3 Å². The second kappa shape index (κ2) is 7.35. The first-order valence-electron chi connectivity index (χ1n) is 7.85. The van der Waals surface area contributed by atoms with Gasteiger partial charge < -0.3 is 4.90 Å². The molecule has 2 heterocycles. The number of likely N-dealkylation sites (tertiary alicyclic amines) is 1. The smallest absolute Gasteiger partial charge is 0.253 e. The summed E-state index contributed by atoms with van der Waals surface area (Å²) in [6.45, 7) is 0.993. The van der Waals surface area contributed by atoms with E-state index in [2.05, 4.69) is 4.72 Å². The average molecular weight is 375 g/mol. The maximum absolute atomic E-state index is 12.5. The highest BCUT2D eigenvalue weighted by atomic mass is 32.2. The van der Waals surface area contributed by atoms with Gasteiger partial charge in [-0.15, -0.1) is 11.3 Å². The van der Waals surface area contributed by atoms with Gasteiger partial charge in [0.25, 0.3) is 5.91 Å². The van der Waals surface area contributed by atoms with Gasteiger partial charge in [-0.2, -0.15) is 5.26 Å². The van der Waals surface area contributed by atoms with E-state index in [0.717, 1.165) is 0 Å². The topological polar surface area (TPSA) is 90.3 Å². The number of nitrogens with one attached hydrogen (secondary N) is 1. The van der Waals surface area contributed by atoms with Crippen molar-refractivity contribution in [1.82, 2.24) is 9.62 Å². The van der Waals surface area contributed by atoms with Crippen molar-refractivity contribution < 1.29 is 13.2 Å². The number of rotatable bonds is 4. The maximum atomic E-state index is 12.5. The molecule has 0 aliphatic carbocycles. The van der Waals surface area contributed by atoms with Crippen molar-refractivity contribution in [2.75, 3.05) is 13.1 Å². The van der Waals surface area contributed by atoms with Crippen molar-refractivity contribution >= 4 is 27.3 Å². The number of hydrogen-bond acceptors (Lipinski definition) is 5. The predicted octanol–water partition coefficient (Wildman–Crippen LogP) is 2.20. The molecule has 0 radical (unpaired) electrons. The lowest BCUT2D eigenvalue weighted by Crippen LogP contribution is -2.46. The molecule has 0 unspecified atom stereocenters. The fourth-order valence-corrected chi connectivity index (χ4v) is 5.08. The number of nitriles is 1. The molecule has 3 rings (SSSR count). The SMILES string of the molecule is N#Cc1ccc(C(=O)N2CCC(NS(=O)(=O)c3cccs3)CC2)cc1. The molecule has 2 aromatic rings. The highest BCUT2D eigenvalue weighted by Gasteiger charge is 2.27. The number of hydrogen-bond donors (Lipinski definition) is 1. The van der Waals surface area contributed by atoms with Crippen LogP contribution in [0.1, 0.15) is 28.8 Å². The Morgan fingerprint density at radius 2 is 1.88 bits per heavy atom. The van der Waals surface area contributed by atoms with Crippen LogP contribution in [-0.2, 0) is 10.0 Å². The zero-order valence-electron chi connectivity index (χ0n) is 13.4. The molecule has 0 bridgehead atoms. The molecule has 1 fully saturated rings. The van der Waals surface area contributed by atoms with E-state index in [4.69, 9.17) is 5.26 Å². The molecule has 1 aliphatic rings. The molecule has 0 spiro atoms. The highest BCUT2D eigenvalue weighted by molar-refractivity contribution is 7.91. The molecule has 0 atom stereocenters. The lowest BCUT2D eigenvalue weighted by Gasteiger charge is -2.32. The standard InChI is InChI=1S/C17H17N3O3S2/c18-12-13-3-5-14(6-4-13)17(21)20-9-7-15(8-10-20)19-25(22,23)16-2-1-11-24-16/h1-6,11,15,19H,7-10H2. The number of piperidine rings is 1. The van der Waals surface area contributed by atoms with E-state index in [1.54, 1.807) is 46.7 Å². The third kappa shape index (κ3) is 4.07. The fraction of sp³-hybridized carbons (Fsp3) is 0.294. The normalized spacial score (nSPS) is 15.7. The summed E-state index contributed by atoms with van der Waals surface area (Å²) in [5.74, 6) is -0.0935. The Kier molecular flexibility index (Phi) is 5.18. The number of amides is 1. The summed E-state index contributed by atoms with van der Waals surface area (Å²) in [6, 6.07) is 11.7. The molecule has 8 heteroatoms. The van der Waals surface area contributed by atoms with Gasteiger partial charge >= 0.3 is 0 Å². The van der Waals surface area contributed by atoms with E-state index in [9.17, 15) is 13.2 Å². The minimum absolute atomic E-state index is 0.0935. The van der Waals surface area contributed by atoms with E-state index < -0.39 is 10.0 Å². The van der Waals surface area contributed by atoms with Crippen LogP contribution in [0.5, 0.6) is 0 Å². The first-order valence-corrected chi connectivity index (χ1v) is 10.2. The van der Waals surface area contributed by atoms with E-state index in [-0.39, 0.29) is 11.9 Å². The number of sulfonamides is 1. The summed E-state index contributed by atoms with van der Waals surface area (Å²) in [7, 11) is -3.48. The van der Waals surface area contributed by atoms with Gasteiger partial charge in [-0.25, -0.2) is 13.1 Å². The molecular weight excluding hydrogens is 358 g/mol. The Morgan fingerprint density at radius 1 is 1.20 bits per heavy atom. The van der Waals surface area contributed by atoms with Crippen LogP contribution in [0.4, 0.5) is 0 Å². The first-order chi connectivity index (χ1) is 12.0. The van der Waals surface area contributed by atoms with Gasteiger partial charge in [0.2, 0.25) is 10.0 Å². The molecule has 25 heavy (non-hydrogen) atoms. The number of carbonyl (C=O) groups excluding carboxylic acids is 1. The molecular formula is C17H17N3O3S2. The number of nitrogens with zero attached hydrogens (tertiary/aromatic N) is 2. The van der Waals surface area contributed by atoms with Gasteiger partial charge in [-0.3, -0.25) is 4.79 Å². The van der Waals surface area contributed by atoms with Gasteiger partial charge in [0.05, 0.1) is 11.6 Å². The zero-order valence-corrected chi connectivity index (χ0v) is 15.0. The lowest BCUT2D eigenvalue weighted by molar-refractivity contribution is 0.0711. The van der Waals surface area contributed by atoms with Crippen molar-refractivity contribution in [2.24, 2.45) is 0 Å². The Morgan fingerprint density at radius 3 is 2.44 bits per heavy atom. The van der Waals surface area contributed by atoms with Gasteiger partial charge in [-0.1, -0.05) is 6.07 Å². The van der Waals surface area contributed by atoms with E-state index >= 15 is 0 Å². The predicted molar refractivity (Wildman–Crippen MR) is 94.7 cm³/mol. The fourth-order valence-electron chi connectivity index (χ4n) is 2.76. The molecule has 1 aromatic carbocycles. The molecule has 1 amide bonds. The molecule has 0 saturated carbocycles. The summed E-state index contributed by atoms with van der Waals surface area (Å²) in [4.78, 5) is 14.2. The van der Waals surface area contributed by atoms with Crippen LogP contribution in [0.25, 0.3) is 0 Å². The van der Waals surface area contributed by atoms with Crippen LogP contribution in [0.2, 0.25) is 0 Å². The minimum atomic E-state index is -3.48. The van der Waals surface area contributed by atoms with Crippen LogP contribution in [-0.4, -0.2) is 38.4 Å².